The average molecular weight is 204 g/mol. The summed E-state index contributed by atoms with van der Waals surface area (Å²) in [4.78, 5) is 0. The predicted molar refractivity (Wildman–Crippen MR) is 57.4 cm³/mol. The van der Waals surface area contributed by atoms with Gasteiger partial charge in [-0.15, -0.1) is 2.70 Å². The molecule has 0 aromatic heterocycles. The molecule has 0 aliphatic carbocycles. The molecule has 0 N–H and O–H groups in total. The molecule has 0 atom stereocenters. The summed E-state index contributed by atoms with van der Waals surface area (Å²) in [5.41, 5.74) is 1.17. The van der Waals surface area contributed by atoms with Gasteiger partial charge in [0, 0.05) is 5.56 Å². The van der Waals surface area contributed by atoms with Crippen LogP contribution in [0.1, 0.15) is 5.56 Å². The van der Waals surface area contributed by atoms with Crippen LogP contribution in [0, 0.1) is 0 Å². The number of rotatable bonds is 2. The van der Waals surface area contributed by atoms with Crippen LogP contribution < -0.4 is 0 Å². The van der Waals surface area contributed by atoms with Crippen molar-refractivity contribution in [3.8, 4) is 0 Å². The van der Waals surface area contributed by atoms with Gasteiger partial charge in [0.15, 0.2) is 0 Å². The summed E-state index contributed by atoms with van der Waals surface area (Å²) < 4.78 is 0.0734. The number of thiol groups is 3. The first-order valence-corrected chi connectivity index (χ1v) is 4.38. The standard InChI is InChI=1S/C7H10NS3/c9-8(10,11)6-7-4-2-1-3-5-7/h1-5,9-11H,6H2/q+1. The van der Waals surface area contributed by atoms with Crippen LogP contribution in [0.25, 0.3) is 0 Å². The number of quaternary nitrogens is 1. The molecular formula is C7H10NS3+. The van der Waals surface area contributed by atoms with Crippen molar-refractivity contribution in [1.29, 1.82) is 0 Å². The van der Waals surface area contributed by atoms with E-state index in [2.05, 4.69) is 38.4 Å². The summed E-state index contributed by atoms with van der Waals surface area (Å²) in [5.74, 6) is 0. The molecule has 0 fully saturated rings. The predicted octanol–water partition coefficient (Wildman–Crippen LogP) is 2.54. The zero-order valence-corrected chi connectivity index (χ0v) is 8.57. The molecule has 0 aliphatic heterocycles. The van der Waals surface area contributed by atoms with Gasteiger partial charge in [-0.05, 0) is 0 Å². The molecule has 0 saturated heterocycles. The van der Waals surface area contributed by atoms with E-state index in [9.17, 15) is 0 Å². The minimum atomic E-state index is 0.0734. The first-order valence-electron chi connectivity index (χ1n) is 3.18. The summed E-state index contributed by atoms with van der Waals surface area (Å²) >= 11 is 12.4. The fraction of sp³-hybridized carbons (Fsp3) is 0.143. The smallest absolute Gasteiger partial charge is 0.137 e. The van der Waals surface area contributed by atoms with Crippen molar-refractivity contribution in [1.82, 2.24) is 0 Å². The van der Waals surface area contributed by atoms with Gasteiger partial charge in [-0.3, -0.25) is 0 Å². The first kappa shape index (κ1) is 9.32. The van der Waals surface area contributed by atoms with Crippen molar-refractivity contribution < 1.29 is 2.70 Å². The van der Waals surface area contributed by atoms with Crippen molar-refractivity contribution in [3.05, 3.63) is 35.9 Å². The highest BCUT2D eigenvalue weighted by Crippen LogP contribution is 2.23. The Bertz CT molecular complexity index is 217. The molecule has 0 saturated carbocycles. The lowest BCUT2D eigenvalue weighted by molar-refractivity contribution is -0.482. The number of hydrogen-bond acceptors (Lipinski definition) is 3. The second-order valence-electron chi connectivity index (χ2n) is 2.34. The normalized spacial score (nSPS) is 11.5. The SMILES string of the molecule is S[N+](S)(S)Cc1ccccc1. The second kappa shape index (κ2) is 3.76. The Kier molecular flexibility index (Phi) is 3.18. The van der Waals surface area contributed by atoms with Gasteiger partial charge >= 0.3 is 0 Å². The minimum Gasteiger partial charge on any atom is -0.144 e. The van der Waals surface area contributed by atoms with Gasteiger partial charge in [0.05, 0.1) is 38.4 Å². The van der Waals surface area contributed by atoms with Crippen LogP contribution >= 0.6 is 38.4 Å². The molecule has 0 aliphatic rings. The van der Waals surface area contributed by atoms with Crippen molar-refractivity contribution in [2.45, 2.75) is 6.54 Å². The summed E-state index contributed by atoms with van der Waals surface area (Å²) in [5, 5.41) is 0. The fourth-order valence-corrected chi connectivity index (χ4v) is 1.32. The van der Waals surface area contributed by atoms with Crippen molar-refractivity contribution in [2.24, 2.45) is 0 Å². The number of nitrogens with zero attached hydrogens (tertiary/aromatic N) is 1. The lowest BCUT2D eigenvalue weighted by Gasteiger charge is -2.14. The van der Waals surface area contributed by atoms with Crippen molar-refractivity contribution in [3.63, 3.8) is 0 Å². The van der Waals surface area contributed by atoms with Gasteiger partial charge in [-0.1, -0.05) is 30.3 Å². The monoisotopic (exact) mass is 204 g/mol. The molecule has 1 rings (SSSR count). The molecule has 0 heterocycles. The molecule has 1 nitrogen and oxygen atoms in total. The van der Waals surface area contributed by atoms with Crippen LogP contribution in [-0.4, -0.2) is 2.70 Å². The van der Waals surface area contributed by atoms with Crippen molar-refractivity contribution in [2.75, 3.05) is 0 Å². The van der Waals surface area contributed by atoms with Crippen molar-refractivity contribution >= 4 is 38.4 Å². The third-order valence-corrected chi connectivity index (χ3v) is 1.66. The lowest BCUT2D eigenvalue weighted by atomic mass is 10.2. The topological polar surface area (TPSA) is 0 Å². The van der Waals surface area contributed by atoms with E-state index in [1.54, 1.807) is 0 Å². The molecular weight excluding hydrogens is 194 g/mol. The Balaban J connectivity index is 2.66. The van der Waals surface area contributed by atoms with Gasteiger partial charge in [0.25, 0.3) is 0 Å². The molecule has 4 heteroatoms. The molecule has 1 aromatic carbocycles. The van der Waals surface area contributed by atoms with E-state index in [4.69, 9.17) is 0 Å². The van der Waals surface area contributed by atoms with Crippen LogP contribution in [0.3, 0.4) is 0 Å². The maximum Gasteiger partial charge on any atom is 0.137 e. The maximum absolute atomic E-state index is 4.13. The van der Waals surface area contributed by atoms with E-state index in [-0.39, 0.29) is 2.70 Å². The number of benzene rings is 1. The molecule has 1 aromatic rings. The third kappa shape index (κ3) is 3.96. The Hall–Kier alpha value is 0.230. The van der Waals surface area contributed by atoms with Gasteiger partial charge < -0.3 is 0 Å². The van der Waals surface area contributed by atoms with Gasteiger partial charge in [-0.25, -0.2) is 0 Å². The molecule has 11 heavy (non-hydrogen) atoms. The summed E-state index contributed by atoms with van der Waals surface area (Å²) in [6.45, 7) is 0.691. The Labute approximate surface area is 83.6 Å². The summed E-state index contributed by atoms with van der Waals surface area (Å²) in [6, 6.07) is 10.00. The second-order valence-corrected chi connectivity index (χ2v) is 5.33. The van der Waals surface area contributed by atoms with E-state index in [1.807, 2.05) is 30.3 Å². The highest BCUT2D eigenvalue weighted by molar-refractivity contribution is 7.99. The van der Waals surface area contributed by atoms with Crippen LogP contribution in [0.2, 0.25) is 0 Å². The summed E-state index contributed by atoms with van der Waals surface area (Å²) in [7, 11) is 0. The summed E-state index contributed by atoms with van der Waals surface area (Å²) in [6.07, 6.45) is 0. The zero-order valence-electron chi connectivity index (χ0n) is 5.88. The van der Waals surface area contributed by atoms with Crippen LogP contribution in [0.15, 0.2) is 30.3 Å². The molecule has 60 valence electrons. The van der Waals surface area contributed by atoms with E-state index in [0.29, 0.717) is 6.54 Å². The zero-order chi connectivity index (χ0) is 8.32. The quantitative estimate of drug-likeness (QED) is 0.478. The highest BCUT2D eigenvalue weighted by atomic mass is 32.2. The Morgan fingerprint density at radius 1 is 1.00 bits per heavy atom. The van der Waals surface area contributed by atoms with Gasteiger partial charge in [0.2, 0.25) is 0 Å². The van der Waals surface area contributed by atoms with Gasteiger partial charge in [-0.2, -0.15) is 0 Å². The first-order chi connectivity index (χ1) is 5.08. The molecule has 0 amide bonds. The molecule has 0 spiro atoms. The van der Waals surface area contributed by atoms with Crippen LogP contribution in [0.5, 0.6) is 0 Å². The maximum atomic E-state index is 4.13. The third-order valence-electron chi connectivity index (χ3n) is 1.24. The molecule has 0 unspecified atom stereocenters. The molecule has 0 radical (unpaired) electrons. The lowest BCUT2D eigenvalue weighted by Crippen LogP contribution is -2.12. The van der Waals surface area contributed by atoms with E-state index in [1.165, 1.54) is 5.56 Å². The minimum absolute atomic E-state index is 0.0734. The van der Waals surface area contributed by atoms with E-state index < -0.39 is 0 Å². The van der Waals surface area contributed by atoms with Crippen LogP contribution in [0.4, 0.5) is 0 Å². The van der Waals surface area contributed by atoms with Crippen LogP contribution in [-0.2, 0) is 6.54 Å². The van der Waals surface area contributed by atoms with E-state index in [0.717, 1.165) is 0 Å². The van der Waals surface area contributed by atoms with Gasteiger partial charge in [0.1, 0.15) is 6.54 Å². The van der Waals surface area contributed by atoms with E-state index >= 15 is 0 Å². The number of hydrogen-bond donors (Lipinski definition) is 3. The highest BCUT2D eigenvalue weighted by Gasteiger charge is 2.13. The Morgan fingerprint density at radius 2 is 1.55 bits per heavy atom. The fourth-order valence-electron chi connectivity index (χ4n) is 0.828. The largest absolute Gasteiger partial charge is 0.144 e. The average Bonchev–Trinajstić information content (AvgIpc) is 1.85. The Morgan fingerprint density at radius 3 is 2.00 bits per heavy atom. The molecule has 0 bridgehead atoms.